The van der Waals surface area contributed by atoms with Gasteiger partial charge in [0.15, 0.2) is 0 Å². The Bertz CT molecular complexity index is 325. The van der Waals surface area contributed by atoms with Crippen LogP contribution in [0.25, 0.3) is 0 Å². The van der Waals surface area contributed by atoms with Crippen LogP contribution in [0.4, 0.5) is 4.79 Å². The highest BCUT2D eigenvalue weighted by molar-refractivity contribution is 5.74. The molecular formula is C13H23N3O3. The lowest BCUT2D eigenvalue weighted by molar-refractivity contribution is -0.137. The van der Waals surface area contributed by atoms with Crippen LogP contribution in [-0.2, 0) is 4.79 Å². The highest BCUT2D eigenvalue weighted by atomic mass is 16.4. The lowest BCUT2D eigenvalue weighted by Gasteiger charge is -2.35. The molecule has 2 N–H and O–H groups in total. The van der Waals surface area contributed by atoms with Crippen molar-refractivity contribution in [2.75, 3.05) is 32.7 Å². The lowest BCUT2D eigenvalue weighted by Crippen LogP contribution is -2.53. The minimum absolute atomic E-state index is 0.0489. The number of urea groups is 1. The Kier molecular flexibility index (Phi) is 6.35. The molecule has 6 heteroatoms. The molecule has 1 unspecified atom stereocenters. The van der Waals surface area contributed by atoms with Gasteiger partial charge in [-0.3, -0.25) is 9.69 Å². The quantitative estimate of drug-likeness (QED) is 0.698. The maximum Gasteiger partial charge on any atom is 0.317 e. The van der Waals surface area contributed by atoms with E-state index in [0.29, 0.717) is 19.6 Å². The van der Waals surface area contributed by atoms with Crippen LogP contribution in [0.5, 0.6) is 0 Å². The second-order valence-electron chi connectivity index (χ2n) is 4.85. The summed E-state index contributed by atoms with van der Waals surface area (Å²) in [5, 5.41) is 11.5. The van der Waals surface area contributed by atoms with Crippen molar-refractivity contribution in [3.8, 4) is 0 Å². The van der Waals surface area contributed by atoms with Crippen LogP contribution in [-0.4, -0.2) is 65.7 Å². The summed E-state index contributed by atoms with van der Waals surface area (Å²) in [6.07, 6.45) is 2.70. The Hall–Kier alpha value is -1.56. The van der Waals surface area contributed by atoms with E-state index in [9.17, 15) is 9.59 Å². The predicted octanol–water partition coefficient (Wildman–Crippen LogP) is 0.753. The number of carboxylic acids is 1. The Morgan fingerprint density at radius 1 is 1.37 bits per heavy atom. The van der Waals surface area contributed by atoms with Gasteiger partial charge in [0.2, 0.25) is 0 Å². The van der Waals surface area contributed by atoms with E-state index in [1.165, 1.54) is 0 Å². The third kappa shape index (κ3) is 5.74. The molecule has 1 fully saturated rings. The highest BCUT2D eigenvalue weighted by Crippen LogP contribution is 2.04. The van der Waals surface area contributed by atoms with Crippen LogP contribution in [0.2, 0.25) is 0 Å². The zero-order valence-electron chi connectivity index (χ0n) is 11.5. The molecule has 2 amide bonds. The number of aliphatic carboxylic acids is 1. The van der Waals surface area contributed by atoms with E-state index in [2.05, 4.69) is 16.8 Å². The molecule has 0 aliphatic carbocycles. The highest BCUT2D eigenvalue weighted by Gasteiger charge is 2.21. The largest absolute Gasteiger partial charge is 0.481 e. The van der Waals surface area contributed by atoms with Crippen LogP contribution < -0.4 is 5.32 Å². The molecule has 0 aromatic carbocycles. The van der Waals surface area contributed by atoms with Gasteiger partial charge in [0.1, 0.15) is 0 Å². The Labute approximate surface area is 114 Å². The molecule has 6 nitrogen and oxygen atoms in total. The van der Waals surface area contributed by atoms with E-state index in [1.807, 2.05) is 6.92 Å². The van der Waals surface area contributed by atoms with Crippen LogP contribution in [0.3, 0.4) is 0 Å². The molecule has 0 bridgehead atoms. The second-order valence-corrected chi connectivity index (χ2v) is 4.85. The SMILES string of the molecule is C=CCC(C)NC(=O)N1CCN(CCC(=O)O)CC1. The van der Waals surface area contributed by atoms with Crippen LogP contribution in [0.1, 0.15) is 19.8 Å². The number of carboxylic acid groups (broad SMARTS) is 1. The topological polar surface area (TPSA) is 72.9 Å². The number of hydrogen-bond donors (Lipinski definition) is 2. The molecule has 0 radical (unpaired) electrons. The van der Waals surface area contributed by atoms with E-state index in [-0.39, 0.29) is 18.5 Å². The van der Waals surface area contributed by atoms with Crippen molar-refractivity contribution in [2.45, 2.75) is 25.8 Å². The normalized spacial score (nSPS) is 17.8. The van der Waals surface area contributed by atoms with Crippen molar-refractivity contribution in [3.63, 3.8) is 0 Å². The van der Waals surface area contributed by atoms with Crippen LogP contribution in [0.15, 0.2) is 12.7 Å². The van der Waals surface area contributed by atoms with Crippen molar-refractivity contribution in [3.05, 3.63) is 12.7 Å². The van der Waals surface area contributed by atoms with Crippen molar-refractivity contribution >= 4 is 12.0 Å². The molecule has 1 aliphatic rings. The summed E-state index contributed by atoms with van der Waals surface area (Å²) in [5.41, 5.74) is 0. The molecule has 1 rings (SSSR count). The summed E-state index contributed by atoms with van der Waals surface area (Å²) in [6, 6.07) is 0.0438. The van der Waals surface area contributed by atoms with Gasteiger partial charge in [-0.15, -0.1) is 6.58 Å². The first-order valence-corrected chi connectivity index (χ1v) is 6.63. The first-order chi connectivity index (χ1) is 9.02. The van der Waals surface area contributed by atoms with E-state index in [4.69, 9.17) is 5.11 Å². The molecule has 0 aromatic heterocycles. The van der Waals surface area contributed by atoms with Crippen molar-refractivity contribution in [1.29, 1.82) is 0 Å². The lowest BCUT2D eigenvalue weighted by atomic mass is 10.2. The van der Waals surface area contributed by atoms with E-state index in [1.54, 1.807) is 11.0 Å². The van der Waals surface area contributed by atoms with Gasteiger partial charge in [-0.1, -0.05) is 6.08 Å². The van der Waals surface area contributed by atoms with Gasteiger partial charge in [-0.05, 0) is 13.3 Å². The van der Waals surface area contributed by atoms with Gasteiger partial charge < -0.3 is 15.3 Å². The number of rotatable bonds is 6. The van der Waals surface area contributed by atoms with Gasteiger partial charge in [0, 0.05) is 38.8 Å². The van der Waals surface area contributed by atoms with Gasteiger partial charge in [-0.2, -0.15) is 0 Å². The summed E-state index contributed by atoms with van der Waals surface area (Å²) in [7, 11) is 0. The number of nitrogens with one attached hydrogen (secondary N) is 1. The summed E-state index contributed by atoms with van der Waals surface area (Å²) in [4.78, 5) is 26.3. The Morgan fingerprint density at radius 3 is 2.53 bits per heavy atom. The summed E-state index contributed by atoms with van der Waals surface area (Å²) in [6.45, 7) is 8.90. The molecule has 1 aliphatic heterocycles. The standard InChI is InChI=1S/C13H23N3O3/c1-3-4-11(2)14-13(19)16-9-7-15(8-10-16)6-5-12(17)18/h3,11H,1,4-10H2,2H3,(H,14,19)(H,17,18). The molecule has 1 atom stereocenters. The van der Waals surface area contributed by atoms with Crippen molar-refractivity contribution in [1.82, 2.24) is 15.1 Å². The zero-order chi connectivity index (χ0) is 14.3. The summed E-state index contributed by atoms with van der Waals surface area (Å²) < 4.78 is 0. The minimum atomic E-state index is -0.779. The summed E-state index contributed by atoms with van der Waals surface area (Å²) >= 11 is 0. The third-order valence-electron chi connectivity index (χ3n) is 3.19. The molecule has 0 spiro atoms. The van der Waals surface area contributed by atoms with Crippen LogP contribution >= 0.6 is 0 Å². The van der Waals surface area contributed by atoms with E-state index >= 15 is 0 Å². The monoisotopic (exact) mass is 269 g/mol. The molecular weight excluding hydrogens is 246 g/mol. The smallest absolute Gasteiger partial charge is 0.317 e. The number of carbonyl (C=O) groups is 2. The molecule has 0 aromatic rings. The maximum atomic E-state index is 11.9. The fourth-order valence-electron chi connectivity index (χ4n) is 2.04. The average Bonchev–Trinajstić information content (AvgIpc) is 2.37. The van der Waals surface area contributed by atoms with E-state index < -0.39 is 5.97 Å². The molecule has 1 saturated heterocycles. The number of piperazine rings is 1. The third-order valence-corrected chi connectivity index (χ3v) is 3.19. The second kappa shape index (κ2) is 7.78. The number of amides is 2. The van der Waals surface area contributed by atoms with Crippen molar-refractivity contribution in [2.24, 2.45) is 0 Å². The minimum Gasteiger partial charge on any atom is -0.481 e. The van der Waals surface area contributed by atoms with Crippen molar-refractivity contribution < 1.29 is 14.7 Å². The van der Waals surface area contributed by atoms with Gasteiger partial charge in [0.05, 0.1) is 6.42 Å². The fourth-order valence-corrected chi connectivity index (χ4v) is 2.04. The number of hydrogen-bond acceptors (Lipinski definition) is 3. The zero-order valence-corrected chi connectivity index (χ0v) is 11.5. The van der Waals surface area contributed by atoms with E-state index in [0.717, 1.165) is 19.5 Å². The Morgan fingerprint density at radius 2 is 2.00 bits per heavy atom. The molecule has 19 heavy (non-hydrogen) atoms. The molecule has 108 valence electrons. The first kappa shape index (κ1) is 15.5. The van der Waals surface area contributed by atoms with Crippen LogP contribution in [0, 0.1) is 0 Å². The van der Waals surface area contributed by atoms with Gasteiger partial charge >= 0.3 is 12.0 Å². The first-order valence-electron chi connectivity index (χ1n) is 6.63. The molecule has 1 heterocycles. The fraction of sp³-hybridized carbons (Fsp3) is 0.692. The maximum absolute atomic E-state index is 11.9. The Balaban J connectivity index is 2.26. The number of nitrogens with zero attached hydrogens (tertiary/aromatic N) is 2. The predicted molar refractivity (Wildman–Crippen MR) is 73.1 cm³/mol. The van der Waals surface area contributed by atoms with Gasteiger partial charge in [-0.25, -0.2) is 4.79 Å². The van der Waals surface area contributed by atoms with Gasteiger partial charge in [0.25, 0.3) is 0 Å². The summed E-state index contributed by atoms with van der Waals surface area (Å²) in [5.74, 6) is -0.779. The molecule has 0 saturated carbocycles. The number of carbonyl (C=O) groups excluding carboxylic acids is 1. The average molecular weight is 269 g/mol.